The number of benzene rings is 1. The summed E-state index contributed by atoms with van der Waals surface area (Å²) in [5.74, 6) is 0. The molecule has 1 aromatic carbocycles. The largest absolute Gasteiger partial charge is 0.391 e. The average molecular weight is 260 g/mol. The maximum atomic E-state index is 9.51. The lowest BCUT2D eigenvalue weighted by molar-refractivity contribution is 0.0594. The van der Waals surface area contributed by atoms with Gasteiger partial charge in [0.15, 0.2) is 0 Å². The van der Waals surface area contributed by atoms with Gasteiger partial charge < -0.3 is 15.2 Å². The summed E-state index contributed by atoms with van der Waals surface area (Å²) in [4.78, 5) is 4.30. The third-order valence-corrected chi connectivity index (χ3v) is 3.01. The van der Waals surface area contributed by atoms with Gasteiger partial charge in [0.2, 0.25) is 0 Å². The Kier molecular flexibility index (Phi) is 5.27. The summed E-state index contributed by atoms with van der Waals surface area (Å²) in [6, 6.07) is 10.3. The van der Waals surface area contributed by atoms with E-state index in [1.165, 1.54) is 5.56 Å². The van der Waals surface area contributed by atoms with Crippen LogP contribution < -0.4 is 5.32 Å². The molecule has 0 saturated heterocycles. The van der Waals surface area contributed by atoms with Gasteiger partial charge in [-0.3, -0.25) is 4.98 Å². The van der Waals surface area contributed by atoms with Crippen LogP contribution >= 0.6 is 0 Å². The molecule has 19 heavy (non-hydrogen) atoms. The Bertz CT molecular complexity index is 516. The first-order valence-electron chi connectivity index (χ1n) is 6.51. The van der Waals surface area contributed by atoms with Gasteiger partial charge >= 0.3 is 0 Å². The van der Waals surface area contributed by atoms with E-state index < -0.39 is 6.10 Å². The van der Waals surface area contributed by atoms with E-state index in [-0.39, 0.29) is 0 Å². The summed E-state index contributed by atoms with van der Waals surface area (Å²) in [5, 5.41) is 14.0. The van der Waals surface area contributed by atoms with Crippen molar-refractivity contribution in [2.24, 2.45) is 0 Å². The van der Waals surface area contributed by atoms with Crippen molar-refractivity contribution in [3.8, 4) is 0 Å². The van der Waals surface area contributed by atoms with Gasteiger partial charge in [0.1, 0.15) is 0 Å². The number of ether oxygens (including phenoxy) is 1. The molecule has 1 unspecified atom stereocenters. The molecule has 0 aliphatic carbocycles. The van der Waals surface area contributed by atoms with E-state index in [2.05, 4.69) is 28.5 Å². The lowest BCUT2D eigenvalue weighted by atomic mass is 10.1. The van der Waals surface area contributed by atoms with Crippen LogP contribution in [0.15, 0.2) is 36.5 Å². The Morgan fingerprint density at radius 1 is 1.37 bits per heavy atom. The number of aliphatic hydroxyl groups excluding tert-OH is 1. The summed E-state index contributed by atoms with van der Waals surface area (Å²) >= 11 is 0. The molecule has 0 radical (unpaired) electrons. The maximum absolute atomic E-state index is 9.51. The van der Waals surface area contributed by atoms with E-state index in [1.807, 2.05) is 12.1 Å². The Labute approximate surface area is 113 Å². The van der Waals surface area contributed by atoms with E-state index in [0.717, 1.165) is 24.0 Å². The normalized spacial score (nSPS) is 12.7. The van der Waals surface area contributed by atoms with Crippen molar-refractivity contribution in [3.63, 3.8) is 0 Å². The molecule has 0 saturated carbocycles. The second-order valence-corrected chi connectivity index (χ2v) is 4.61. The zero-order chi connectivity index (χ0) is 13.5. The van der Waals surface area contributed by atoms with Crippen molar-refractivity contribution in [2.45, 2.75) is 19.1 Å². The third-order valence-electron chi connectivity index (χ3n) is 3.01. The minimum Gasteiger partial charge on any atom is -0.391 e. The fraction of sp³-hybridized carbons (Fsp3) is 0.400. The number of nitrogens with zero attached hydrogens (tertiary/aromatic N) is 1. The fourth-order valence-corrected chi connectivity index (χ4v) is 2.01. The molecule has 1 atom stereocenters. The number of rotatable bonds is 7. The lowest BCUT2D eigenvalue weighted by Crippen LogP contribution is -2.22. The summed E-state index contributed by atoms with van der Waals surface area (Å²) in [7, 11) is 1.60. The zero-order valence-electron chi connectivity index (χ0n) is 11.2. The van der Waals surface area contributed by atoms with Crippen LogP contribution in [0.25, 0.3) is 10.9 Å². The first-order valence-corrected chi connectivity index (χ1v) is 6.51. The Hall–Kier alpha value is -1.49. The summed E-state index contributed by atoms with van der Waals surface area (Å²) in [6.07, 6.45) is 2.11. The highest BCUT2D eigenvalue weighted by Crippen LogP contribution is 2.13. The van der Waals surface area contributed by atoms with Crippen LogP contribution in [0.5, 0.6) is 0 Å². The van der Waals surface area contributed by atoms with Gasteiger partial charge in [-0.05, 0) is 36.7 Å². The Balaban J connectivity index is 1.81. The predicted octanol–water partition coefficient (Wildman–Crippen LogP) is 1.72. The lowest BCUT2D eigenvalue weighted by Gasteiger charge is -2.10. The quantitative estimate of drug-likeness (QED) is 0.744. The number of methoxy groups -OCH3 is 1. The molecule has 0 fully saturated rings. The van der Waals surface area contributed by atoms with Gasteiger partial charge in [-0.2, -0.15) is 0 Å². The number of hydrogen-bond donors (Lipinski definition) is 2. The van der Waals surface area contributed by atoms with Crippen LogP contribution in [0, 0.1) is 0 Å². The third kappa shape index (κ3) is 4.28. The van der Waals surface area contributed by atoms with Crippen LogP contribution in [0.1, 0.15) is 12.0 Å². The minimum absolute atomic E-state index is 0.390. The smallest absolute Gasteiger partial charge is 0.0785 e. The molecule has 0 amide bonds. The van der Waals surface area contributed by atoms with Gasteiger partial charge in [-0.1, -0.05) is 12.1 Å². The van der Waals surface area contributed by atoms with Gasteiger partial charge in [-0.25, -0.2) is 0 Å². The molecule has 1 aromatic heterocycles. The number of nitrogens with one attached hydrogen (secondary N) is 1. The van der Waals surface area contributed by atoms with Crippen LogP contribution in [0.3, 0.4) is 0 Å². The zero-order valence-corrected chi connectivity index (χ0v) is 11.2. The van der Waals surface area contributed by atoms with Crippen LogP contribution in [0.4, 0.5) is 0 Å². The van der Waals surface area contributed by atoms with Gasteiger partial charge in [0, 0.05) is 25.2 Å². The average Bonchev–Trinajstić information content (AvgIpc) is 2.44. The SMILES string of the molecule is COCC(O)CCNCc1ccc2ncccc2c1. The van der Waals surface area contributed by atoms with E-state index in [9.17, 15) is 5.11 Å². The van der Waals surface area contributed by atoms with Gasteiger partial charge in [-0.15, -0.1) is 0 Å². The van der Waals surface area contributed by atoms with E-state index in [0.29, 0.717) is 13.0 Å². The summed E-state index contributed by atoms with van der Waals surface area (Å²) in [5.41, 5.74) is 2.24. The molecular weight excluding hydrogens is 240 g/mol. The highest BCUT2D eigenvalue weighted by atomic mass is 16.5. The summed E-state index contributed by atoms with van der Waals surface area (Å²) < 4.78 is 4.88. The van der Waals surface area contributed by atoms with Gasteiger partial charge in [0.05, 0.1) is 18.2 Å². The number of pyridine rings is 1. The molecular formula is C15H20N2O2. The number of fused-ring (bicyclic) bond motifs is 1. The Morgan fingerprint density at radius 2 is 2.26 bits per heavy atom. The van der Waals surface area contributed by atoms with Crippen molar-refractivity contribution in [1.29, 1.82) is 0 Å². The minimum atomic E-state index is -0.390. The molecule has 0 bridgehead atoms. The fourth-order valence-electron chi connectivity index (χ4n) is 2.01. The first kappa shape index (κ1) is 13.9. The van der Waals surface area contributed by atoms with Crippen molar-refractivity contribution in [1.82, 2.24) is 10.3 Å². The monoisotopic (exact) mass is 260 g/mol. The van der Waals surface area contributed by atoms with Crippen LogP contribution in [-0.2, 0) is 11.3 Å². The number of aliphatic hydroxyl groups is 1. The molecule has 0 aliphatic rings. The Morgan fingerprint density at radius 3 is 3.11 bits per heavy atom. The van der Waals surface area contributed by atoms with Crippen molar-refractivity contribution >= 4 is 10.9 Å². The van der Waals surface area contributed by atoms with E-state index in [1.54, 1.807) is 13.3 Å². The molecule has 2 rings (SSSR count). The highest BCUT2D eigenvalue weighted by Gasteiger charge is 2.02. The van der Waals surface area contributed by atoms with Crippen molar-refractivity contribution in [2.75, 3.05) is 20.3 Å². The molecule has 0 spiro atoms. The van der Waals surface area contributed by atoms with Crippen LogP contribution in [-0.4, -0.2) is 36.5 Å². The van der Waals surface area contributed by atoms with Gasteiger partial charge in [0.25, 0.3) is 0 Å². The number of aromatic nitrogens is 1. The molecule has 4 nitrogen and oxygen atoms in total. The molecule has 4 heteroatoms. The molecule has 0 aliphatic heterocycles. The second kappa shape index (κ2) is 7.19. The second-order valence-electron chi connectivity index (χ2n) is 4.61. The highest BCUT2D eigenvalue weighted by molar-refractivity contribution is 5.78. The van der Waals surface area contributed by atoms with Crippen LogP contribution in [0.2, 0.25) is 0 Å². The predicted molar refractivity (Wildman–Crippen MR) is 75.9 cm³/mol. The molecule has 2 N–H and O–H groups in total. The maximum Gasteiger partial charge on any atom is 0.0785 e. The van der Waals surface area contributed by atoms with E-state index >= 15 is 0 Å². The van der Waals surface area contributed by atoms with Crippen molar-refractivity contribution < 1.29 is 9.84 Å². The standard InChI is InChI=1S/C15H20N2O2/c1-19-11-14(18)6-8-16-10-12-4-5-15-13(9-12)3-2-7-17-15/h2-5,7,9,14,16,18H,6,8,10-11H2,1H3. The topological polar surface area (TPSA) is 54.4 Å². The summed E-state index contributed by atoms with van der Waals surface area (Å²) in [6.45, 7) is 1.96. The molecule has 1 heterocycles. The van der Waals surface area contributed by atoms with E-state index in [4.69, 9.17) is 4.74 Å². The first-order chi connectivity index (χ1) is 9.29. The van der Waals surface area contributed by atoms with Crippen molar-refractivity contribution in [3.05, 3.63) is 42.1 Å². The molecule has 102 valence electrons. The molecule has 2 aromatic rings. The number of hydrogen-bond acceptors (Lipinski definition) is 4.